The molecule has 22 heavy (non-hydrogen) atoms. The summed E-state index contributed by atoms with van der Waals surface area (Å²) in [5.41, 5.74) is 2.72. The van der Waals surface area contributed by atoms with Gasteiger partial charge in [-0.3, -0.25) is 4.79 Å². The second-order valence-electron chi connectivity index (χ2n) is 9.21. The topological polar surface area (TPSA) is 17.1 Å². The highest BCUT2D eigenvalue weighted by Crippen LogP contribution is 2.67. The number of carbonyl (C=O) groups excluding carboxylic acids is 1. The minimum atomic E-state index is 0.469. The summed E-state index contributed by atoms with van der Waals surface area (Å²) in [6, 6.07) is 0. The van der Waals surface area contributed by atoms with Crippen molar-refractivity contribution >= 4 is 5.78 Å². The van der Waals surface area contributed by atoms with Gasteiger partial charge in [-0.05, 0) is 86.4 Å². The molecule has 4 fully saturated rings. The Morgan fingerprint density at radius 3 is 2.59 bits per heavy atom. The molecule has 122 valence electrons. The molecule has 0 bridgehead atoms. The molecule has 6 atom stereocenters. The van der Waals surface area contributed by atoms with Gasteiger partial charge in [0.25, 0.3) is 0 Å². The first kappa shape index (κ1) is 15.0. The molecule has 4 aliphatic carbocycles. The van der Waals surface area contributed by atoms with E-state index in [2.05, 4.69) is 26.8 Å². The van der Waals surface area contributed by atoms with Gasteiger partial charge in [0.2, 0.25) is 0 Å². The quantitative estimate of drug-likeness (QED) is 0.536. The lowest BCUT2D eigenvalue weighted by atomic mass is 9.45. The molecule has 0 heterocycles. The average molecular weight is 300 g/mol. The first-order valence-electron chi connectivity index (χ1n) is 9.66. The lowest BCUT2D eigenvalue weighted by molar-refractivity contribution is -0.136. The number of Topliss-reactive ketones (excluding diaryl/α,β-unsaturated/α-hetero) is 1. The summed E-state index contributed by atoms with van der Waals surface area (Å²) >= 11 is 0. The van der Waals surface area contributed by atoms with Gasteiger partial charge in [-0.2, -0.15) is 0 Å². The molecule has 4 rings (SSSR count). The van der Waals surface area contributed by atoms with Crippen LogP contribution in [0, 0.1) is 34.5 Å². The maximum atomic E-state index is 11.9. The van der Waals surface area contributed by atoms with Crippen molar-refractivity contribution in [2.45, 2.75) is 78.6 Å². The molecule has 0 aromatic rings. The van der Waals surface area contributed by atoms with Crippen molar-refractivity contribution in [2.75, 3.05) is 0 Å². The SMILES string of the molecule is C/C=C1/CCC2C3CC[C@@H]4CC(=O)CC[C@]4(C)C3CC[C@]12C. The molecule has 0 aromatic carbocycles. The van der Waals surface area contributed by atoms with Crippen molar-refractivity contribution in [3.63, 3.8) is 0 Å². The fourth-order valence-corrected chi connectivity index (χ4v) is 7.37. The molecule has 3 unspecified atom stereocenters. The number of rotatable bonds is 0. The molecule has 4 aliphatic rings. The van der Waals surface area contributed by atoms with Crippen LogP contribution in [-0.4, -0.2) is 5.78 Å². The zero-order chi connectivity index (χ0) is 15.5. The first-order valence-corrected chi connectivity index (χ1v) is 9.66. The molecule has 0 aliphatic heterocycles. The molecular formula is C21H32O. The van der Waals surface area contributed by atoms with E-state index in [4.69, 9.17) is 0 Å². The van der Waals surface area contributed by atoms with Crippen LogP contribution in [0.2, 0.25) is 0 Å². The van der Waals surface area contributed by atoms with E-state index in [0.29, 0.717) is 22.5 Å². The standard InChI is InChI=1S/C21H32O/c1-4-14-6-8-18-17-7-5-15-13-16(22)9-11-21(15,3)19(17)10-12-20(14,18)2/h4,15,17-19H,5-13H2,1-3H3/b14-4-/t15-,17?,18?,19?,20-,21+/m1/s1. The van der Waals surface area contributed by atoms with E-state index < -0.39 is 0 Å². The third-order valence-electron chi connectivity index (χ3n) is 8.68. The van der Waals surface area contributed by atoms with Gasteiger partial charge in [-0.15, -0.1) is 0 Å². The highest BCUT2D eigenvalue weighted by molar-refractivity contribution is 5.79. The van der Waals surface area contributed by atoms with E-state index in [1.807, 2.05) is 0 Å². The van der Waals surface area contributed by atoms with Crippen LogP contribution in [0.15, 0.2) is 11.6 Å². The van der Waals surface area contributed by atoms with Crippen molar-refractivity contribution in [2.24, 2.45) is 34.5 Å². The Kier molecular flexibility index (Phi) is 3.37. The highest BCUT2D eigenvalue weighted by Gasteiger charge is 2.58. The van der Waals surface area contributed by atoms with Gasteiger partial charge in [0, 0.05) is 12.8 Å². The number of ketones is 1. The van der Waals surface area contributed by atoms with Crippen LogP contribution < -0.4 is 0 Å². The van der Waals surface area contributed by atoms with Crippen LogP contribution in [0.4, 0.5) is 0 Å². The van der Waals surface area contributed by atoms with Crippen molar-refractivity contribution in [3.05, 3.63) is 11.6 Å². The van der Waals surface area contributed by atoms with Gasteiger partial charge < -0.3 is 0 Å². The fourth-order valence-electron chi connectivity index (χ4n) is 7.37. The van der Waals surface area contributed by atoms with Crippen LogP contribution in [0.5, 0.6) is 0 Å². The van der Waals surface area contributed by atoms with E-state index in [1.54, 1.807) is 5.57 Å². The number of allylic oxidation sites excluding steroid dienone is 2. The zero-order valence-corrected chi connectivity index (χ0v) is 14.7. The fraction of sp³-hybridized carbons (Fsp3) is 0.857. The number of hydrogen-bond donors (Lipinski definition) is 0. The van der Waals surface area contributed by atoms with Crippen LogP contribution in [0.1, 0.15) is 78.6 Å². The van der Waals surface area contributed by atoms with Crippen LogP contribution >= 0.6 is 0 Å². The predicted molar refractivity (Wildman–Crippen MR) is 90.5 cm³/mol. The Hall–Kier alpha value is -0.590. The first-order chi connectivity index (χ1) is 10.5. The van der Waals surface area contributed by atoms with Gasteiger partial charge >= 0.3 is 0 Å². The number of fused-ring (bicyclic) bond motifs is 5. The van der Waals surface area contributed by atoms with Crippen molar-refractivity contribution in [1.29, 1.82) is 0 Å². The van der Waals surface area contributed by atoms with E-state index >= 15 is 0 Å². The van der Waals surface area contributed by atoms with Crippen molar-refractivity contribution in [3.8, 4) is 0 Å². The second-order valence-corrected chi connectivity index (χ2v) is 9.21. The Balaban J connectivity index is 1.65. The smallest absolute Gasteiger partial charge is 0.133 e. The molecule has 4 saturated carbocycles. The Morgan fingerprint density at radius 2 is 1.82 bits per heavy atom. The van der Waals surface area contributed by atoms with E-state index in [1.165, 1.54) is 44.9 Å². The third kappa shape index (κ3) is 1.86. The normalized spacial score (nSPS) is 53.0. The van der Waals surface area contributed by atoms with Gasteiger partial charge in [-0.1, -0.05) is 25.5 Å². The third-order valence-corrected chi connectivity index (χ3v) is 8.68. The summed E-state index contributed by atoms with van der Waals surface area (Å²) in [7, 11) is 0. The Morgan fingerprint density at radius 1 is 1.00 bits per heavy atom. The Labute approximate surface area is 135 Å². The summed E-state index contributed by atoms with van der Waals surface area (Å²) in [6.07, 6.45) is 13.7. The maximum Gasteiger partial charge on any atom is 0.133 e. The van der Waals surface area contributed by atoms with Gasteiger partial charge in [-0.25, -0.2) is 0 Å². The molecule has 0 radical (unpaired) electrons. The predicted octanol–water partition coefficient (Wildman–Crippen LogP) is 5.54. The molecule has 0 amide bonds. The number of hydrogen-bond acceptors (Lipinski definition) is 1. The van der Waals surface area contributed by atoms with E-state index in [9.17, 15) is 4.79 Å². The van der Waals surface area contributed by atoms with Crippen LogP contribution in [0.3, 0.4) is 0 Å². The minimum absolute atomic E-state index is 0.469. The lowest BCUT2D eigenvalue weighted by Gasteiger charge is -2.59. The summed E-state index contributed by atoms with van der Waals surface area (Å²) in [5.74, 6) is 3.99. The molecular weight excluding hydrogens is 268 g/mol. The van der Waals surface area contributed by atoms with E-state index in [0.717, 1.165) is 30.6 Å². The maximum absolute atomic E-state index is 11.9. The highest BCUT2D eigenvalue weighted by atomic mass is 16.1. The van der Waals surface area contributed by atoms with Gasteiger partial charge in [0.05, 0.1) is 0 Å². The summed E-state index contributed by atoms with van der Waals surface area (Å²) in [6.45, 7) is 7.37. The van der Waals surface area contributed by atoms with Gasteiger partial charge in [0.15, 0.2) is 0 Å². The summed E-state index contributed by atoms with van der Waals surface area (Å²) in [5, 5.41) is 0. The van der Waals surface area contributed by atoms with Crippen LogP contribution in [0.25, 0.3) is 0 Å². The zero-order valence-electron chi connectivity index (χ0n) is 14.7. The molecule has 0 N–H and O–H groups in total. The van der Waals surface area contributed by atoms with Gasteiger partial charge in [0.1, 0.15) is 5.78 Å². The molecule has 0 spiro atoms. The van der Waals surface area contributed by atoms with Crippen molar-refractivity contribution in [1.82, 2.24) is 0 Å². The molecule has 1 nitrogen and oxygen atoms in total. The summed E-state index contributed by atoms with van der Waals surface area (Å²) in [4.78, 5) is 11.9. The van der Waals surface area contributed by atoms with Crippen LogP contribution in [-0.2, 0) is 4.79 Å². The molecule has 0 saturated heterocycles. The lowest BCUT2D eigenvalue weighted by Crippen LogP contribution is -2.52. The largest absolute Gasteiger partial charge is 0.300 e. The van der Waals surface area contributed by atoms with E-state index in [-0.39, 0.29) is 0 Å². The number of carbonyl (C=O) groups is 1. The molecule has 0 aromatic heterocycles. The summed E-state index contributed by atoms with van der Waals surface area (Å²) < 4.78 is 0. The average Bonchev–Trinajstić information content (AvgIpc) is 2.84. The molecule has 1 heteroatoms. The minimum Gasteiger partial charge on any atom is -0.300 e. The Bertz CT molecular complexity index is 518. The van der Waals surface area contributed by atoms with Crippen molar-refractivity contribution < 1.29 is 4.79 Å². The second kappa shape index (κ2) is 4.95. The monoisotopic (exact) mass is 300 g/mol.